The average Bonchev–Trinajstić information content (AvgIpc) is 2.63. The molecule has 1 aliphatic rings. The summed E-state index contributed by atoms with van der Waals surface area (Å²) in [6.45, 7) is 4.65. The fraction of sp³-hybridized carbons (Fsp3) is 0.381. The van der Waals surface area contributed by atoms with Gasteiger partial charge in [0.25, 0.3) is 0 Å². The molecule has 4 heteroatoms. The molecule has 0 aromatic heterocycles. The quantitative estimate of drug-likeness (QED) is 0.895. The van der Waals surface area contributed by atoms with Crippen molar-refractivity contribution >= 4 is 5.91 Å². The van der Waals surface area contributed by atoms with Gasteiger partial charge in [-0.3, -0.25) is 9.69 Å². The molecule has 132 valence electrons. The molecule has 25 heavy (non-hydrogen) atoms. The van der Waals surface area contributed by atoms with Gasteiger partial charge in [-0.2, -0.15) is 0 Å². The molecule has 0 aliphatic carbocycles. The Kier molecular flexibility index (Phi) is 5.82. The van der Waals surface area contributed by atoms with Crippen molar-refractivity contribution in [3.05, 3.63) is 71.5 Å². The first-order valence-corrected chi connectivity index (χ1v) is 8.94. The Bertz CT molecular complexity index is 687. The van der Waals surface area contributed by atoms with Gasteiger partial charge in [-0.05, 0) is 49.6 Å². The van der Waals surface area contributed by atoms with E-state index in [-0.39, 0.29) is 23.7 Å². The second kappa shape index (κ2) is 8.26. The molecule has 0 saturated carbocycles. The second-order valence-corrected chi connectivity index (χ2v) is 6.84. The summed E-state index contributed by atoms with van der Waals surface area (Å²) in [5.41, 5.74) is 2.20. The van der Waals surface area contributed by atoms with E-state index in [2.05, 4.69) is 22.3 Å². The number of hydrogen-bond acceptors (Lipinski definition) is 2. The van der Waals surface area contributed by atoms with Crippen molar-refractivity contribution in [2.24, 2.45) is 5.92 Å². The van der Waals surface area contributed by atoms with Crippen LogP contribution in [0.25, 0.3) is 0 Å². The third-order valence-corrected chi connectivity index (χ3v) is 4.85. The highest BCUT2D eigenvalue weighted by atomic mass is 19.1. The molecule has 3 nitrogen and oxygen atoms in total. The molecule has 1 heterocycles. The molecule has 1 aliphatic heterocycles. The zero-order valence-electron chi connectivity index (χ0n) is 14.6. The lowest BCUT2D eigenvalue weighted by Gasteiger charge is -2.32. The van der Waals surface area contributed by atoms with Gasteiger partial charge in [0, 0.05) is 13.1 Å². The van der Waals surface area contributed by atoms with E-state index in [4.69, 9.17) is 0 Å². The van der Waals surface area contributed by atoms with E-state index in [0.29, 0.717) is 0 Å². The van der Waals surface area contributed by atoms with E-state index in [0.717, 1.165) is 38.0 Å². The third-order valence-electron chi connectivity index (χ3n) is 4.85. The van der Waals surface area contributed by atoms with Crippen LogP contribution >= 0.6 is 0 Å². The van der Waals surface area contributed by atoms with Gasteiger partial charge >= 0.3 is 0 Å². The molecule has 0 spiro atoms. The monoisotopic (exact) mass is 340 g/mol. The largest absolute Gasteiger partial charge is 0.349 e. The predicted molar refractivity (Wildman–Crippen MR) is 97.4 cm³/mol. The summed E-state index contributed by atoms with van der Waals surface area (Å²) in [7, 11) is 0. The number of carbonyl (C=O) groups excluding carboxylic acids is 1. The van der Waals surface area contributed by atoms with E-state index in [1.54, 1.807) is 12.1 Å². The molecule has 0 bridgehead atoms. The van der Waals surface area contributed by atoms with Crippen molar-refractivity contribution < 1.29 is 9.18 Å². The van der Waals surface area contributed by atoms with E-state index < -0.39 is 0 Å². The SMILES string of the molecule is C[C@H](NC(=O)[C@H]1CCCN(Cc2ccccc2)C1)c1ccc(F)cc1. The lowest BCUT2D eigenvalue weighted by Crippen LogP contribution is -2.43. The molecular weight excluding hydrogens is 315 g/mol. The van der Waals surface area contributed by atoms with Crippen LogP contribution in [0.15, 0.2) is 54.6 Å². The number of nitrogens with zero attached hydrogens (tertiary/aromatic N) is 1. The van der Waals surface area contributed by atoms with Gasteiger partial charge in [0.1, 0.15) is 5.82 Å². The fourth-order valence-electron chi connectivity index (χ4n) is 3.42. The summed E-state index contributed by atoms with van der Waals surface area (Å²) in [4.78, 5) is 15.0. The maximum Gasteiger partial charge on any atom is 0.224 e. The van der Waals surface area contributed by atoms with Gasteiger partial charge in [0.15, 0.2) is 0 Å². The lowest BCUT2D eigenvalue weighted by molar-refractivity contribution is -0.127. The summed E-state index contributed by atoms with van der Waals surface area (Å²) in [6.07, 6.45) is 1.96. The molecule has 1 fully saturated rings. The van der Waals surface area contributed by atoms with E-state index in [1.165, 1.54) is 17.7 Å². The number of rotatable bonds is 5. The Morgan fingerprint density at radius 1 is 1.20 bits per heavy atom. The summed E-state index contributed by atoms with van der Waals surface area (Å²) >= 11 is 0. The van der Waals surface area contributed by atoms with Crippen molar-refractivity contribution in [2.45, 2.75) is 32.4 Å². The molecule has 1 N–H and O–H groups in total. The maximum absolute atomic E-state index is 13.0. The molecule has 2 atom stereocenters. The van der Waals surface area contributed by atoms with Crippen molar-refractivity contribution in [3.63, 3.8) is 0 Å². The minimum atomic E-state index is -0.258. The van der Waals surface area contributed by atoms with E-state index in [1.807, 2.05) is 25.1 Å². The molecule has 2 aromatic rings. The van der Waals surface area contributed by atoms with Gasteiger partial charge in [-0.1, -0.05) is 42.5 Å². The normalized spacial score (nSPS) is 19.4. The van der Waals surface area contributed by atoms with Gasteiger partial charge < -0.3 is 5.32 Å². The minimum Gasteiger partial charge on any atom is -0.349 e. The standard InChI is InChI=1S/C21H25FN2O/c1-16(18-9-11-20(22)12-10-18)23-21(25)19-8-5-13-24(15-19)14-17-6-3-2-4-7-17/h2-4,6-7,9-12,16,19H,5,8,13-15H2,1H3,(H,23,25)/t16-,19-/m0/s1. The first kappa shape index (κ1) is 17.6. The zero-order valence-corrected chi connectivity index (χ0v) is 14.6. The first-order valence-electron chi connectivity index (χ1n) is 8.94. The Balaban J connectivity index is 1.55. The van der Waals surface area contributed by atoms with Crippen LogP contribution in [0.4, 0.5) is 4.39 Å². The number of halogens is 1. The number of benzene rings is 2. The van der Waals surface area contributed by atoms with Crippen LogP contribution in [-0.2, 0) is 11.3 Å². The summed E-state index contributed by atoms with van der Waals surface area (Å²) in [6, 6.07) is 16.6. The topological polar surface area (TPSA) is 32.3 Å². The fourth-order valence-corrected chi connectivity index (χ4v) is 3.42. The highest BCUT2D eigenvalue weighted by molar-refractivity contribution is 5.79. The smallest absolute Gasteiger partial charge is 0.224 e. The van der Waals surface area contributed by atoms with Crippen LogP contribution in [0.2, 0.25) is 0 Å². The maximum atomic E-state index is 13.0. The minimum absolute atomic E-state index is 0.0142. The van der Waals surface area contributed by atoms with Gasteiger partial charge in [0.05, 0.1) is 12.0 Å². The van der Waals surface area contributed by atoms with Crippen molar-refractivity contribution in [1.29, 1.82) is 0 Å². The van der Waals surface area contributed by atoms with Crippen LogP contribution < -0.4 is 5.32 Å². The van der Waals surface area contributed by atoms with Crippen molar-refractivity contribution in [2.75, 3.05) is 13.1 Å². The Labute approximate surface area is 148 Å². The van der Waals surface area contributed by atoms with Crippen LogP contribution in [0.5, 0.6) is 0 Å². The van der Waals surface area contributed by atoms with Gasteiger partial charge in [0.2, 0.25) is 5.91 Å². The molecule has 1 amide bonds. The number of carbonyl (C=O) groups is 1. The Morgan fingerprint density at radius 3 is 2.64 bits per heavy atom. The summed E-state index contributed by atoms with van der Waals surface area (Å²) < 4.78 is 13.0. The Hall–Kier alpha value is -2.20. The number of hydrogen-bond donors (Lipinski definition) is 1. The highest BCUT2D eigenvalue weighted by Crippen LogP contribution is 2.20. The van der Waals surface area contributed by atoms with Crippen LogP contribution in [0.3, 0.4) is 0 Å². The number of piperidine rings is 1. The number of amides is 1. The van der Waals surface area contributed by atoms with E-state index >= 15 is 0 Å². The molecule has 0 unspecified atom stereocenters. The molecule has 1 saturated heterocycles. The predicted octanol–water partition coefficient (Wildman–Crippen LogP) is 3.92. The van der Waals surface area contributed by atoms with E-state index in [9.17, 15) is 9.18 Å². The van der Waals surface area contributed by atoms with Gasteiger partial charge in [-0.25, -0.2) is 4.39 Å². The van der Waals surface area contributed by atoms with Crippen molar-refractivity contribution in [1.82, 2.24) is 10.2 Å². The first-order chi connectivity index (χ1) is 12.1. The highest BCUT2D eigenvalue weighted by Gasteiger charge is 2.26. The number of likely N-dealkylation sites (tertiary alicyclic amines) is 1. The molecule has 3 rings (SSSR count). The molecule has 2 aromatic carbocycles. The summed E-state index contributed by atoms with van der Waals surface area (Å²) in [5, 5.41) is 3.08. The van der Waals surface area contributed by atoms with Crippen LogP contribution in [0.1, 0.15) is 36.9 Å². The molecular formula is C21H25FN2O. The number of nitrogens with one attached hydrogen (secondary N) is 1. The summed E-state index contributed by atoms with van der Waals surface area (Å²) in [5.74, 6) is -0.152. The third kappa shape index (κ3) is 4.89. The second-order valence-electron chi connectivity index (χ2n) is 6.84. The van der Waals surface area contributed by atoms with Crippen molar-refractivity contribution in [3.8, 4) is 0 Å². The Morgan fingerprint density at radius 2 is 1.92 bits per heavy atom. The lowest BCUT2D eigenvalue weighted by atomic mass is 9.96. The zero-order chi connectivity index (χ0) is 17.6. The average molecular weight is 340 g/mol. The van der Waals surface area contributed by atoms with Crippen LogP contribution in [0, 0.1) is 11.7 Å². The van der Waals surface area contributed by atoms with Crippen LogP contribution in [-0.4, -0.2) is 23.9 Å². The molecule has 0 radical (unpaired) electrons. The van der Waals surface area contributed by atoms with Gasteiger partial charge in [-0.15, -0.1) is 0 Å².